The number of ketones is 1. The molecule has 0 saturated carbocycles. The lowest BCUT2D eigenvalue weighted by atomic mass is 9.80. The van der Waals surface area contributed by atoms with Gasteiger partial charge in [0.1, 0.15) is 30.5 Å². The molecule has 0 amide bonds. The molecule has 2 rings (SSSR count). The lowest BCUT2D eigenvalue weighted by molar-refractivity contribution is -0.121. The molecule has 0 N–H and O–H groups in total. The Balaban J connectivity index is 2.40. The molecule has 0 radical (unpaired) electrons. The maximum atomic E-state index is 13.8. The van der Waals surface area contributed by atoms with Crippen molar-refractivity contribution in [2.45, 2.75) is 78.1 Å². The summed E-state index contributed by atoms with van der Waals surface area (Å²) in [6, 6.07) is 12.4. The summed E-state index contributed by atoms with van der Waals surface area (Å²) in [6.07, 6.45) is 0. The highest BCUT2D eigenvalue weighted by Gasteiger charge is 2.27. The number of ether oxygens (including phenoxy) is 4. The number of benzene rings is 2. The van der Waals surface area contributed by atoms with Crippen LogP contribution in [-0.2, 0) is 25.1 Å². The zero-order chi connectivity index (χ0) is 27.1. The minimum atomic E-state index is -0.289. The third kappa shape index (κ3) is 8.35. The van der Waals surface area contributed by atoms with Crippen molar-refractivity contribution in [1.82, 2.24) is 0 Å². The fraction of sp³-hybridized carbons (Fsp3) is 0.581. The molecule has 0 saturated heterocycles. The van der Waals surface area contributed by atoms with E-state index in [0.717, 1.165) is 33.8 Å². The van der Waals surface area contributed by atoms with Crippen molar-refractivity contribution in [1.29, 1.82) is 0 Å². The van der Waals surface area contributed by atoms with E-state index in [9.17, 15) is 4.79 Å². The third-order valence-corrected chi connectivity index (χ3v) is 6.56. The molecule has 0 spiro atoms. The van der Waals surface area contributed by atoms with Crippen molar-refractivity contribution in [3.63, 3.8) is 0 Å². The normalized spacial score (nSPS) is 13.8. The molecule has 5 heteroatoms. The Morgan fingerprint density at radius 3 is 1.31 bits per heavy atom. The Hall–Kier alpha value is -2.37. The summed E-state index contributed by atoms with van der Waals surface area (Å²) in [4.78, 5) is 13.8. The van der Waals surface area contributed by atoms with Gasteiger partial charge < -0.3 is 18.9 Å². The van der Waals surface area contributed by atoms with E-state index in [2.05, 4.69) is 65.8 Å². The molecule has 0 aromatic heterocycles. The van der Waals surface area contributed by atoms with Gasteiger partial charge in [-0.15, -0.1) is 0 Å². The van der Waals surface area contributed by atoms with Gasteiger partial charge in [0.25, 0.3) is 0 Å². The van der Waals surface area contributed by atoms with Crippen molar-refractivity contribution in [3.8, 4) is 11.5 Å². The highest BCUT2D eigenvalue weighted by atomic mass is 16.5. The maximum absolute atomic E-state index is 13.8. The van der Waals surface area contributed by atoms with Gasteiger partial charge in [0.15, 0.2) is 0 Å². The van der Waals surface area contributed by atoms with Crippen LogP contribution in [-0.4, -0.2) is 46.4 Å². The van der Waals surface area contributed by atoms with Crippen molar-refractivity contribution in [2.24, 2.45) is 0 Å². The topological polar surface area (TPSA) is 54.0 Å². The molecule has 2 atom stereocenters. The number of Topliss-reactive ketones (excluding diaryl/α,β-unsaturated/α-hetero) is 1. The molecule has 5 nitrogen and oxygen atoms in total. The predicted molar refractivity (Wildman–Crippen MR) is 147 cm³/mol. The summed E-state index contributed by atoms with van der Waals surface area (Å²) in [5.74, 6) is 1.12. The van der Waals surface area contributed by atoms with E-state index in [1.807, 2.05) is 26.0 Å². The van der Waals surface area contributed by atoms with E-state index < -0.39 is 0 Å². The van der Waals surface area contributed by atoms with Crippen molar-refractivity contribution in [2.75, 3.05) is 40.6 Å². The van der Waals surface area contributed by atoms with Crippen LogP contribution in [0.4, 0.5) is 0 Å². The Morgan fingerprint density at radius 1 is 0.639 bits per heavy atom. The first-order valence-corrected chi connectivity index (χ1v) is 12.9. The van der Waals surface area contributed by atoms with Crippen LogP contribution in [0.5, 0.6) is 11.5 Å². The van der Waals surface area contributed by atoms with E-state index >= 15 is 0 Å². The molecule has 36 heavy (non-hydrogen) atoms. The molecule has 200 valence electrons. The van der Waals surface area contributed by atoms with E-state index in [1.165, 1.54) is 0 Å². The number of methoxy groups -OCH3 is 2. The van der Waals surface area contributed by atoms with Crippen LogP contribution in [0.25, 0.3) is 0 Å². The molecule has 0 aliphatic rings. The maximum Gasteiger partial charge on any atom is 0.147 e. The minimum absolute atomic E-state index is 0.0702. The average molecular weight is 499 g/mol. The quantitative estimate of drug-likeness (QED) is 0.301. The Kier molecular flexibility index (Phi) is 10.6. The first kappa shape index (κ1) is 29.9. The summed E-state index contributed by atoms with van der Waals surface area (Å²) >= 11 is 0. The number of carbonyl (C=O) groups is 1. The van der Waals surface area contributed by atoms with Crippen LogP contribution < -0.4 is 9.47 Å². The van der Waals surface area contributed by atoms with Gasteiger partial charge in [0.2, 0.25) is 0 Å². The molecule has 0 bridgehead atoms. The van der Waals surface area contributed by atoms with Gasteiger partial charge in [0, 0.05) is 26.1 Å². The van der Waals surface area contributed by atoms with Crippen molar-refractivity contribution in [3.05, 3.63) is 58.7 Å². The summed E-state index contributed by atoms with van der Waals surface area (Å²) in [5, 5.41) is 0. The molecule has 0 aliphatic carbocycles. The predicted octanol–water partition coefficient (Wildman–Crippen LogP) is 6.81. The first-order valence-electron chi connectivity index (χ1n) is 12.9. The van der Waals surface area contributed by atoms with E-state index in [4.69, 9.17) is 18.9 Å². The van der Waals surface area contributed by atoms with Gasteiger partial charge in [-0.25, -0.2) is 0 Å². The minimum Gasteiger partial charge on any atom is -0.491 e. The van der Waals surface area contributed by atoms with Crippen LogP contribution in [0.15, 0.2) is 36.4 Å². The summed E-state index contributed by atoms with van der Waals surface area (Å²) < 4.78 is 22.2. The largest absolute Gasteiger partial charge is 0.491 e. The molecule has 2 aromatic rings. The summed E-state index contributed by atoms with van der Waals surface area (Å²) in [6.45, 7) is 19.0. The van der Waals surface area contributed by atoms with Crippen LogP contribution in [0.3, 0.4) is 0 Å². The number of hydrogen-bond acceptors (Lipinski definition) is 5. The molecule has 2 aromatic carbocycles. The molecule has 0 fully saturated rings. The Morgan fingerprint density at radius 2 is 1.00 bits per heavy atom. The molecular formula is C31H46O5. The second-order valence-electron chi connectivity index (χ2n) is 11.6. The zero-order valence-corrected chi connectivity index (χ0v) is 24.0. The summed E-state index contributed by atoms with van der Waals surface area (Å²) in [5.41, 5.74) is 4.08. The van der Waals surface area contributed by atoms with E-state index in [0.29, 0.717) is 26.4 Å². The van der Waals surface area contributed by atoms with Gasteiger partial charge >= 0.3 is 0 Å². The Bertz CT molecular complexity index is 918. The Labute approximate surface area is 218 Å². The molecule has 2 unspecified atom stereocenters. The highest BCUT2D eigenvalue weighted by Crippen LogP contribution is 2.35. The lowest BCUT2D eigenvalue weighted by Crippen LogP contribution is -2.20. The van der Waals surface area contributed by atoms with E-state index in [-0.39, 0.29) is 28.4 Å². The van der Waals surface area contributed by atoms with Crippen LogP contribution in [0.2, 0.25) is 0 Å². The smallest absolute Gasteiger partial charge is 0.147 e. The second-order valence-corrected chi connectivity index (χ2v) is 11.6. The van der Waals surface area contributed by atoms with Crippen LogP contribution in [0, 0.1) is 0 Å². The molecule has 0 aliphatic heterocycles. The number of carbonyl (C=O) groups excluding carboxylic acids is 1. The monoisotopic (exact) mass is 498 g/mol. The third-order valence-electron chi connectivity index (χ3n) is 6.56. The molecule has 0 heterocycles. The fourth-order valence-electron chi connectivity index (χ4n) is 3.97. The fourth-order valence-corrected chi connectivity index (χ4v) is 3.97. The van der Waals surface area contributed by atoms with Gasteiger partial charge in [-0.05, 0) is 57.3 Å². The first-order chi connectivity index (χ1) is 16.8. The van der Waals surface area contributed by atoms with E-state index in [1.54, 1.807) is 14.2 Å². The molecular weight excluding hydrogens is 452 g/mol. The van der Waals surface area contributed by atoms with Gasteiger partial charge in [-0.1, -0.05) is 67.5 Å². The van der Waals surface area contributed by atoms with Crippen LogP contribution >= 0.6 is 0 Å². The number of hydrogen-bond donors (Lipinski definition) is 0. The highest BCUT2D eigenvalue weighted by molar-refractivity contribution is 5.91. The zero-order valence-electron chi connectivity index (χ0n) is 24.0. The van der Waals surface area contributed by atoms with Gasteiger partial charge in [-0.2, -0.15) is 0 Å². The van der Waals surface area contributed by atoms with Crippen LogP contribution in [0.1, 0.15) is 89.5 Å². The average Bonchev–Trinajstić information content (AvgIpc) is 2.81. The number of rotatable bonds is 12. The second kappa shape index (κ2) is 12.7. The van der Waals surface area contributed by atoms with Crippen molar-refractivity contribution < 1.29 is 23.7 Å². The lowest BCUT2D eigenvalue weighted by Gasteiger charge is -2.25. The van der Waals surface area contributed by atoms with Crippen molar-refractivity contribution >= 4 is 5.78 Å². The van der Waals surface area contributed by atoms with Gasteiger partial charge in [-0.3, -0.25) is 4.79 Å². The SMILES string of the molecule is COCCOc1cc(C(C)C(=O)C(C)c2cc(OCCOC)cc(C(C)(C)C)c2)cc(C(C)(C)C)c1. The standard InChI is InChI=1S/C31H46O5/c1-21(23-15-25(30(3,4)5)19-27(17-23)35-13-11-33-9)29(32)22(2)24-16-26(31(6,7)8)20-28(18-24)36-14-12-34-10/h15-22H,11-14H2,1-10H3. The summed E-state index contributed by atoms with van der Waals surface area (Å²) in [7, 11) is 3.32. The van der Waals surface area contributed by atoms with Gasteiger partial charge in [0.05, 0.1) is 13.2 Å².